The molecule has 0 atom stereocenters. The van der Waals surface area contributed by atoms with Gasteiger partial charge in [-0.2, -0.15) is 5.26 Å². The number of halogens is 1. The van der Waals surface area contributed by atoms with E-state index in [1.807, 2.05) is 36.4 Å². The third-order valence-electron chi connectivity index (χ3n) is 4.04. The Morgan fingerprint density at radius 2 is 1.93 bits per heavy atom. The van der Waals surface area contributed by atoms with Crippen molar-refractivity contribution in [3.05, 3.63) is 64.1 Å². The van der Waals surface area contributed by atoms with Gasteiger partial charge in [0, 0.05) is 18.7 Å². The van der Waals surface area contributed by atoms with Crippen LogP contribution in [-0.4, -0.2) is 30.5 Å². The van der Waals surface area contributed by atoms with Crippen molar-refractivity contribution in [2.45, 2.75) is 26.7 Å². The number of nitriles is 1. The number of carbonyl (C=O) groups is 1. The number of hydrogen-bond donors (Lipinski definition) is 0. The Hall–Kier alpha value is -2.32. The molecule has 0 radical (unpaired) electrons. The molecule has 0 spiro atoms. The molecule has 1 amide bonds. The fourth-order valence-electron chi connectivity index (χ4n) is 2.60. The molecule has 0 unspecified atom stereocenters. The van der Waals surface area contributed by atoms with Gasteiger partial charge in [0.15, 0.2) is 0 Å². The maximum atomic E-state index is 13.0. The molecule has 2 aromatic rings. The Labute approximate surface area is 169 Å². The zero-order valence-corrected chi connectivity index (χ0v) is 17.4. The summed E-state index contributed by atoms with van der Waals surface area (Å²) in [5.41, 5.74) is 1.76. The monoisotopic (exact) mass is 428 g/mol. The van der Waals surface area contributed by atoms with Gasteiger partial charge in [0.1, 0.15) is 5.75 Å². The molecular formula is C22H25BrN2O2. The normalized spacial score (nSPS) is 10.5. The molecule has 2 aromatic carbocycles. The van der Waals surface area contributed by atoms with Crippen LogP contribution in [-0.2, 0) is 6.42 Å². The Morgan fingerprint density at radius 3 is 2.56 bits per heavy atom. The van der Waals surface area contributed by atoms with Crippen molar-refractivity contribution >= 4 is 21.8 Å². The molecule has 2 rings (SSSR count). The van der Waals surface area contributed by atoms with Crippen molar-refractivity contribution in [1.29, 1.82) is 5.26 Å². The van der Waals surface area contributed by atoms with Gasteiger partial charge in [0.2, 0.25) is 0 Å². The first-order valence-electron chi connectivity index (χ1n) is 9.13. The first-order chi connectivity index (χ1) is 13.0. The highest BCUT2D eigenvalue weighted by Crippen LogP contribution is 2.27. The summed E-state index contributed by atoms with van der Waals surface area (Å²) in [5.74, 6) is 1.09. The van der Waals surface area contributed by atoms with E-state index in [0.717, 1.165) is 16.6 Å². The lowest BCUT2D eigenvalue weighted by Crippen LogP contribution is -2.33. The van der Waals surface area contributed by atoms with E-state index in [4.69, 9.17) is 10.00 Å². The molecule has 27 heavy (non-hydrogen) atoms. The third kappa shape index (κ3) is 6.73. The fraction of sp³-hybridized carbons (Fsp3) is 0.364. The first kappa shape index (κ1) is 21.0. The topological polar surface area (TPSA) is 53.3 Å². The van der Waals surface area contributed by atoms with Crippen LogP contribution in [0.4, 0.5) is 0 Å². The van der Waals surface area contributed by atoms with Crippen LogP contribution in [0.3, 0.4) is 0 Å². The van der Waals surface area contributed by atoms with Gasteiger partial charge in [-0.25, -0.2) is 0 Å². The van der Waals surface area contributed by atoms with Gasteiger partial charge in [-0.15, -0.1) is 0 Å². The van der Waals surface area contributed by atoms with Crippen LogP contribution in [0.1, 0.15) is 36.2 Å². The summed E-state index contributed by atoms with van der Waals surface area (Å²) in [7, 11) is 0. The standard InChI is InChI=1S/C22H25BrN2O2/c1-17(2)16-27-21-10-9-19(15-20(21)23)22(26)25(13-6-12-24)14-11-18-7-4-3-5-8-18/h3-5,7-10,15,17H,6,11,13-14,16H2,1-2H3. The van der Waals surface area contributed by atoms with Crippen molar-refractivity contribution in [3.63, 3.8) is 0 Å². The lowest BCUT2D eigenvalue weighted by Gasteiger charge is -2.22. The summed E-state index contributed by atoms with van der Waals surface area (Å²) in [5, 5.41) is 8.93. The van der Waals surface area contributed by atoms with E-state index in [-0.39, 0.29) is 5.91 Å². The minimum atomic E-state index is -0.0720. The Balaban J connectivity index is 2.09. The SMILES string of the molecule is CC(C)COc1ccc(C(=O)N(CCC#N)CCc2ccccc2)cc1Br. The predicted octanol–water partition coefficient (Wildman–Crippen LogP) is 5.08. The largest absolute Gasteiger partial charge is 0.492 e. The molecule has 0 aliphatic carbocycles. The number of carbonyl (C=O) groups excluding carboxylic acids is 1. The van der Waals surface area contributed by atoms with Gasteiger partial charge in [0.25, 0.3) is 5.91 Å². The number of hydrogen-bond acceptors (Lipinski definition) is 3. The van der Waals surface area contributed by atoms with Gasteiger partial charge in [-0.1, -0.05) is 44.2 Å². The highest BCUT2D eigenvalue weighted by atomic mass is 79.9. The molecule has 0 saturated carbocycles. The van der Waals surface area contributed by atoms with E-state index in [0.29, 0.717) is 37.6 Å². The molecule has 4 nitrogen and oxygen atoms in total. The average Bonchev–Trinajstić information content (AvgIpc) is 2.67. The van der Waals surface area contributed by atoms with Crippen molar-refractivity contribution in [3.8, 4) is 11.8 Å². The number of ether oxygens (including phenoxy) is 1. The van der Waals surface area contributed by atoms with E-state index in [1.165, 1.54) is 5.56 Å². The van der Waals surface area contributed by atoms with Crippen LogP contribution in [0, 0.1) is 17.2 Å². The molecule has 0 aliphatic rings. The van der Waals surface area contributed by atoms with Gasteiger partial charge in [-0.05, 0) is 52.0 Å². The summed E-state index contributed by atoms with van der Waals surface area (Å²) < 4.78 is 6.51. The van der Waals surface area contributed by atoms with Crippen molar-refractivity contribution in [2.75, 3.05) is 19.7 Å². The van der Waals surface area contributed by atoms with Crippen LogP contribution in [0.15, 0.2) is 53.0 Å². The zero-order valence-electron chi connectivity index (χ0n) is 15.8. The summed E-state index contributed by atoms with van der Waals surface area (Å²) in [6.07, 6.45) is 1.08. The third-order valence-corrected chi connectivity index (χ3v) is 4.66. The predicted molar refractivity (Wildman–Crippen MR) is 111 cm³/mol. The van der Waals surface area contributed by atoms with Gasteiger partial charge in [0.05, 0.1) is 23.6 Å². The average molecular weight is 429 g/mol. The maximum Gasteiger partial charge on any atom is 0.253 e. The minimum Gasteiger partial charge on any atom is -0.492 e. The van der Waals surface area contributed by atoms with Crippen LogP contribution in [0.25, 0.3) is 0 Å². The van der Waals surface area contributed by atoms with Gasteiger partial charge in [-0.3, -0.25) is 4.79 Å². The molecule has 0 N–H and O–H groups in total. The summed E-state index contributed by atoms with van der Waals surface area (Å²) in [6.45, 7) is 5.80. The lowest BCUT2D eigenvalue weighted by atomic mass is 10.1. The van der Waals surface area contributed by atoms with E-state index in [1.54, 1.807) is 17.0 Å². The molecular weight excluding hydrogens is 404 g/mol. The Bertz CT molecular complexity index is 785. The van der Waals surface area contributed by atoms with Crippen molar-refractivity contribution in [2.24, 2.45) is 5.92 Å². The van der Waals surface area contributed by atoms with Crippen LogP contribution >= 0.6 is 15.9 Å². The molecule has 5 heteroatoms. The Kier molecular flexibility index (Phi) is 8.35. The molecule has 0 aromatic heterocycles. The lowest BCUT2D eigenvalue weighted by molar-refractivity contribution is 0.0760. The summed E-state index contributed by atoms with van der Waals surface area (Å²) in [4.78, 5) is 14.7. The first-order valence-corrected chi connectivity index (χ1v) is 9.93. The highest BCUT2D eigenvalue weighted by molar-refractivity contribution is 9.10. The van der Waals surface area contributed by atoms with E-state index < -0.39 is 0 Å². The van der Waals surface area contributed by atoms with Crippen molar-refractivity contribution in [1.82, 2.24) is 4.90 Å². The second-order valence-corrected chi connectivity index (χ2v) is 7.64. The van der Waals surface area contributed by atoms with E-state index in [2.05, 4.69) is 35.8 Å². The second kappa shape index (κ2) is 10.7. The summed E-state index contributed by atoms with van der Waals surface area (Å²) in [6, 6.07) is 17.6. The molecule has 142 valence electrons. The van der Waals surface area contributed by atoms with Crippen molar-refractivity contribution < 1.29 is 9.53 Å². The van der Waals surface area contributed by atoms with E-state index in [9.17, 15) is 4.79 Å². The van der Waals surface area contributed by atoms with Crippen LogP contribution in [0.5, 0.6) is 5.75 Å². The minimum absolute atomic E-state index is 0.0720. The highest BCUT2D eigenvalue weighted by Gasteiger charge is 2.17. The Morgan fingerprint density at radius 1 is 1.19 bits per heavy atom. The zero-order chi connectivity index (χ0) is 19.6. The molecule has 0 heterocycles. The maximum absolute atomic E-state index is 13.0. The number of rotatable bonds is 9. The van der Waals surface area contributed by atoms with Gasteiger partial charge < -0.3 is 9.64 Å². The van der Waals surface area contributed by atoms with Crippen LogP contribution < -0.4 is 4.74 Å². The molecule has 0 saturated heterocycles. The molecule has 0 fully saturated rings. The van der Waals surface area contributed by atoms with E-state index >= 15 is 0 Å². The molecule has 0 aliphatic heterocycles. The number of benzene rings is 2. The molecule has 0 bridgehead atoms. The number of amides is 1. The smallest absolute Gasteiger partial charge is 0.253 e. The summed E-state index contributed by atoms with van der Waals surface area (Å²) >= 11 is 3.49. The fourth-order valence-corrected chi connectivity index (χ4v) is 3.09. The second-order valence-electron chi connectivity index (χ2n) is 6.79. The quantitative estimate of drug-likeness (QED) is 0.559. The van der Waals surface area contributed by atoms with Gasteiger partial charge >= 0.3 is 0 Å². The van der Waals surface area contributed by atoms with Crippen LogP contribution in [0.2, 0.25) is 0 Å². The number of nitrogens with zero attached hydrogens (tertiary/aromatic N) is 2.